The molecule has 0 unspecified atom stereocenters. The van der Waals surface area contributed by atoms with Crippen molar-refractivity contribution >= 4 is 23.3 Å². The largest absolute Gasteiger partial charge is 0.324 e. The minimum atomic E-state index is -0.324. The topological polar surface area (TPSA) is 61.4 Å². The molecule has 5 nitrogen and oxygen atoms in total. The number of hydrogen-bond donors (Lipinski definition) is 2. The summed E-state index contributed by atoms with van der Waals surface area (Å²) in [4.78, 5) is 25.5. The normalized spacial score (nSPS) is 10.0. The number of urea groups is 1. The number of hydrogen-bond acceptors (Lipinski definition) is 2. The van der Waals surface area contributed by atoms with E-state index in [1.165, 1.54) is 4.90 Å². The summed E-state index contributed by atoms with van der Waals surface area (Å²) < 4.78 is 0. The fourth-order valence-electron chi connectivity index (χ4n) is 2.17. The van der Waals surface area contributed by atoms with Gasteiger partial charge in [-0.25, -0.2) is 4.79 Å². The van der Waals surface area contributed by atoms with Gasteiger partial charge in [-0.3, -0.25) is 4.79 Å². The van der Waals surface area contributed by atoms with E-state index in [-0.39, 0.29) is 18.5 Å². The second kappa shape index (κ2) is 7.98. The number of likely N-dealkylation sites (N-methyl/N-ethyl adjacent to an activating group) is 1. The van der Waals surface area contributed by atoms with Crippen LogP contribution in [0.25, 0.3) is 0 Å². The quantitative estimate of drug-likeness (QED) is 0.889. The first-order valence-electron chi connectivity index (χ1n) is 7.55. The van der Waals surface area contributed by atoms with Crippen LogP contribution >= 0.6 is 0 Å². The van der Waals surface area contributed by atoms with Crippen molar-refractivity contribution in [2.45, 2.75) is 13.3 Å². The Morgan fingerprint density at radius 3 is 2.30 bits per heavy atom. The number of amides is 3. The van der Waals surface area contributed by atoms with Gasteiger partial charge >= 0.3 is 6.03 Å². The molecule has 120 valence electrons. The highest BCUT2D eigenvalue weighted by Gasteiger charge is 2.13. The average Bonchev–Trinajstić information content (AvgIpc) is 2.56. The van der Waals surface area contributed by atoms with Gasteiger partial charge in [0.25, 0.3) is 0 Å². The molecule has 0 spiro atoms. The van der Waals surface area contributed by atoms with E-state index in [1.54, 1.807) is 19.2 Å². The molecule has 2 rings (SSSR count). The van der Waals surface area contributed by atoms with Crippen LogP contribution < -0.4 is 10.6 Å². The van der Waals surface area contributed by atoms with Crippen molar-refractivity contribution < 1.29 is 9.59 Å². The van der Waals surface area contributed by atoms with E-state index in [0.29, 0.717) is 5.69 Å². The van der Waals surface area contributed by atoms with Crippen LogP contribution in [0.5, 0.6) is 0 Å². The molecule has 2 aromatic carbocycles. The van der Waals surface area contributed by atoms with Crippen molar-refractivity contribution in [2.75, 3.05) is 24.2 Å². The minimum Gasteiger partial charge on any atom is -0.324 e. The van der Waals surface area contributed by atoms with Gasteiger partial charge in [0.15, 0.2) is 0 Å². The third-order valence-electron chi connectivity index (χ3n) is 3.42. The minimum absolute atomic E-state index is 0.0171. The van der Waals surface area contributed by atoms with E-state index in [9.17, 15) is 9.59 Å². The third kappa shape index (κ3) is 4.85. The summed E-state index contributed by atoms with van der Waals surface area (Å²) in [5.41, 5.74) is 2.55. The van der Waals surface area contributed by atoms with Crippen molar-refractivity contribution in [3.8, 4) is 0 Å². The molecule has 0 atom stereocenters. The maximum Gasteiger partial charge on any atom is 0.322 e. The van der Waals surface area contributed by atoms with Gasteiger partial charge in [-0.1, -0.05) is 43.3 Å². The van der Waals surface area contributed by atoms with Crippen LogP contribution in [0.3, 0.4) is 0 Å². The van der Waals surface area contributed by atoms with E-state index in [0.717, 1.165) is 17.7 Å². The van der Waals surface area contributed by atoms with Crippen molar-refractivity contribution in [3.05, 3.63) is 60.2 Å². The van der Waals surface area contributed by atoms with Crippen LogP contribution in [0.2, 0.25) is 0 Å². The van der Waals surface area contributed by atoms with Crippen LogP contribution in [-0.2, 0) is 11.2 Å². The van der Waals surface area contributed by atoms with Gasteiger partial charge in [0.2, 0.25) is 5.91 Å². The zero-order chi connectivity index (χ0) is 16.7. The zero-order valence-electron chi connectivity index (χ0n) is 13.4. The lowest BCUT2D eigenvalue weighted by molar-refractivity contribution is -0.116. The number of carbonyl (C=O) groups is 2. The highest BCUT2D eigenvalue weighted by atomic mass is 16.2. The number of nitrogens with one attached hydrogen (secondary N) is 2. The molecule has 0 fully saturated rings. The molecule has 2 aromatic rings. The fraction of sp³-hybridized carbons (Fsp3) is 0.222. The first-order valence-corrected chi connectivity index (χ1v) is 7.55. The second-order valence-electron chi connectivity index (χ2n) is 5.21. The van der Waals surface area contributed by atoms with Gasteiger partial charge < -0.3 is 15.5 Å². The maximum absolute atomic E-state index is 12.1. The average molecular weight is 311 g/mol. The lowest BCUT2D eigenvalue weighted by atomic mass is 10.1. The summed E-state index contributed by atoms with van der Waals surface area (Å²) in [6, 6.07) is 16.5. The van der Waals surface area contributed by atoms with Crippen LogP contribution in [-0.4, -0.2) is 30.4 Å². The van der Waals surface area contributed by atoms with E-state index < -0.39 is 0 Å². The molecular weight excluding hydrogens is 290 g/mol. The zero-order valence-corrected chi connectivity index (χ0v) is 13.4. The molecule has 0 aliphatic carbocycles. The Labute approximate surface area is 136 Å². The Balaban J connectivity index is 1.90. The first-order chi connectivity index (χ1) is 11.1. The molecule has 0 bridgehead atoms. The van der Waals surface area contributed by atoms with E-state index >= 15 is 0 Å². The Morgan fingerprint density at radius 1 is 0.957 bits per heavy atom. The number of para-hydroxylation sites is 2. The summed E-state index contributed by atoms with van der Waals surface area (Å²) in [5.74, 6) is -0.225. The molecule has 0 saturated carbocycles. The monoisotopic (exact) mass is 311 g/mol. The van der Waals surface area contributed by atoms with Crippen molar-refractivity contribution in [1.29, 1.82) is 0 Å². The number of carbonyl (C=O) groups excluding carboxylic acids is 2. The lowest BCUT2D eigenvalue weighted by Gasteiger charge is -2.18. The van der Waals surface area contributed by atoms with Crippen LogP contribution in [0.4, 0.5) is 16.2 Å². The molecule has 2 N–H and O–H groups in total. The van der Waals surface area contributed by atoms with Crippen molar-refractivity contribution in [3.63, 3.8) is 0 Å². The predicted molar refractivity (Wildman–Crippen MR) is 92.5 cm³/mol. The molecule has 23 heavy (non-hydrogen) atoms. The summed E-state index contributed by atoms with van der Waals surface area (Å²) in [7, 11) is 1.59. The second-order valence-corrected chi connectivity index (χ2v) is 5.21. The van der Waals surface area contributed by atoms with E-state index in [2.05, 4.69) is 10.6 Å². The van der Waals surface area contributed by atoms with Gasteiger partial charge in [-0.05, 0) is 30.2 Å². The van der Waals surface area contributed by atoms with Gasteiger partial charge in [-0.2, -0.15) is 0 Å². The van der Waals surface area contributed by atoms with E-state index in [1.807, 2.05) is 49.4 Å². The van der Waals surface area contributed by atoms with Gasteiger partial charge in [0.05, 0.1) is 0 Å². The number of benzene rings is 2. The van der Waals surface area contributed by atoms with Crippen LogP contribution in [0.1, 0.15) is 12.5 Å². The van der Waals surface area contributed by atoms with Crippen LogP contribution in [0.15, 0.2) is 54.6 Å². The standard InChI is InChI=1S/C18H21N3O2/c1-3-14-9-7-8-12-16(14)20-17(22)13-21(2)18(23)19-15-10-5-4-6-11-15/h4-12H,3,13H2,1-2H3,(H,19,23)(H,20,22). The molecule has 0 radical (unpaired) electrons. The first kappa shape index (κ1) is 16.5. The van der Waals surface area contributed by atoms with Crippen molar-refractivity contribution in [2.24, 2.45) is 0 Å². The predicted octanol–water partition coefficient (Wildman–Crippen LogP) is 3.35. The molecule has 0 aromatic heterocycles. The summed E-state index contributed by atoms with van der Waals surface area (Å²) in [6.07, 6.45) is 0.834. The fourth-order valence-corrected chi connectivity index (χ4v) is 2.17. The molecular formula is C18H21N3O2. The summed E-state index contributed by atoms with van der Waals surface area (Å²) in [6.45, 7) is 2.02. The molecule has 0 saturated heterocycles. The smallest absolute Gasteiger partial charge is 0.322 e. The lowest BCUT2D eigenvalue weighted by Crippen LogP contribution is -2.37. The van der Waals surface area contributed by atoms with Crippen LogP contribution in [0, 0.1) is 0 Å². The Morgan fingerprint density at radius 2 is 1.61 bits per heavy atom. The molecule has 0 heterocycles. The number of anilines is 2. The van der Waals surface area contributed by atoms with Gasteiger partial charge in [-0.15, -0.1) is 0 Å². The molecule has 0 aliphatic heterocycles. The third-order valence-corrected chi connectivity index (χ3v) is 3.42. The number of rotatable bonds is 5. The molecule has 0 aliphatic rings. The summed E-state index contributed by atoms with van der Waals surface area (Å²) >= 11 is 0. The molecule has 5 heteroatoms. The van der Waals surface area contributed by atoms with Crippen molar-refractivity contribution in [1.82, 2.24) is 4.90 Å². The highest BCUT2D eigenvalue weighted by molar-refractivity contribution is 5.97. The number of nitrogens with zero attached hydrogens (tertiary/aromatic N) is 1. The highest BCUT2D eigenvalue weighted by Crippen LogP contribution is 2.15. The summed E-state index contributed by atoms with van der Waals surface area (Å²) in [5, 5.41) is 5.59. The molecule has 3 amide bonds. The van der Waals surface area contributed by atoms with Gasteiger partial charge in [0.1, 0.15) is 6.54 Å². The Kier molecular flexibility index (Phi) is 5.74. The van der Waals surface area contributed by atoms with Gasteiger partial charge in [0, 0.05) is 18.4 Å². The Bertz CT molecular complexity index is 671. The maximum atomic E-state index is 12.1. The SMILES string of the molecule is CCc1ccccc1NC(=O)CN(C)C(=O)Nc1ccccc1. The Hall–Kier alpha value is -2.82. The van der Waals surface area contributed by atoms with E-state index in [4.69, 9.17) is 0 Å². The number of aryl methyl sites for hydroxylation is 1.